The second-order valence-corrected chi connectivity index (χ2v) is 1.46. The van der Waals surface area contributed by atoms with E-state index in [1.54, 1.807) is 0 Å². The zero-order valence-electron chi connectivity index (χ0n) is 4.42. The van der Waals surface area contributed by atoms with Gasteiger partial charge in [-0.05, 0) is 6.42 Å². The van der Waals surface area contributed by atoms with Gasteiger partial charge in [-0.2, -0.15) is 0 Å². The molecule has 0 aromatic heterocycles. The molecule has 0 aromatic carbocycles. The topological polar surface area (TPSA) is 55.5 Å². The van der Waals surface area contributed by atoms with E-state index in [4.69, 9.17) is 11.0 Å². The van der Waals surface area contributed by atoms with Crippen LogP contribution < -0.4 is 5.73 Å². The zero-order chi connectivity index (χ0) is 5.70. The van der Waals surface area contributed by atoms with Crippen LogP contribution in [-0.4, -0.2) is 17.9 Å². The molecule has 0 fully saturated rings. The van der Waals surface area contributed by atoms with Crippen molar-refractivity contribution in [3.63, 3.8) is 0 Å². The molecule has 0 aliphatic heterocycles. The van der Waals surface area contributed by atoms with Gasteiger partial charge in [0.15, 0.2) is 0 Å². The third-order valence-corrected chi connectivity index (χ3v) is 0.813. The van der Waals surface area contributed by atoms with Crippen LogP contribution in [0.15, 0.2) is 0 Å². The maximum absolute atomic E-state index is 7.79. The summed E-state index contributed by atoms with van der Waals surface area (Å²) in [7, 11) is 0. The summed E-state index contributed by atoms with van der Waals surface area (Å²) in [6.45, 7) is 2.17. The van der Waals surface area contributed by atoms with Crippen LogP contribution in [0.2, 0.25) is 0 Å². The molecule has 7 heavy (non-hydrogen) atoms. The summed E-state index contributed by atoms with van der Waals surface area (Å²) in [4.78, 5) is 3.77. The average Bonchev–Trinajstić information content (AvgIpc) is 1.68. The van der Waals surface area contributed by atoms with Gasteiger partial charge in [-0.25, -0.2) is 4.89 Å². The summed E-state index contributed by atoms with van der Waals surface area (Å²) >= 11 is 0. The minimum atomic E-state index is -0.0231. The van der Waals surface area contributed by atoms with Gasteiger partial charge in [0, 0.05) is 6.04 Å². The van der Waals surface area contributed by atoms with Gasteiger partial charge in [0.25, 0.3) is 0 Å². The van der Waals surface area contributed by atoms with Gasteiger partial charge in [-0.1, -0.05) is 6.92 Å². The van der Waals surface area contributed by atoms with Crippen molar-refractivity contribution >= 4 is 0 Å². The number of nitrogens with two attached hydrogens (primary N) is 1. The Morgan fingerprint density at radius 2 is 2.43 bits per heavy atom. The molecule has 0 saturated heterocycles. The Morgan fingerprint density at radius 3 is 2.57 bits per heavy atom. The molecule has 0 rings (SSSR count). The predicted molar refractivity (Wildman–Crippen MR) is 26.8 cm³/mol. The lowest BCUT2D eigenvalue weighted by Crippen LogP contribution is -2.24. The molecule has 3 heteroatoms. The summed E-state index contributed by atoms with van der Waals surface area (Å²) < 4.78 is 0. The summed E-state index contributed by atoms with van der Waals surface area (Å²) in [5.41, 5.74) is 5.30. The third-order valence-electron chi connectivity index (χ3n) is 0.813. The number of hydrogen-bond donors (Lipinski definition) is 2. The van der Waals surface area contributed by atoms with Crippen LogP contribution >= 0.6 is 0 Å². The first kappa shape index (κ1) is 6.88. The minimum absolute atomic E-state index is 0.0231. The van der Waals surface area contributed by atoms with E-state index >= 15 is 0 Å². The molecule has 3 nitrogen and oxygen atoms in total. The van der Waals surface area contributed by atoms with E-state index in [2.05, 4.69) is 4.89 Å². The number of rotatable bonds is 3. The molecule has 0 aliphatic carbocycles. The largest absolute Gasteiger partial charge is 0.326 e. The van der Waals surface area contributed by atoms with Gasteiger partial charge in [0.05, 0.1) is 6.61 Å². The Bertz CT molecular complexity index is 40.7. The molecule has 1 atom stereocenters. The number of hydrogen-bond acceptors (Lipinski definition) is 3. The van der Waals surface area contributed by atoms with E-state index in [9.17, 15) is 0 Å². The second-order valence-electron chi connectivity index (χ2n) is 1.46. The van der Waals surface area contributed by atoms with Gasteiger partial charge in [0.2, 0.25) is 0 Å². The molecule has 0 radical (unpaired) electrons. The van der Waals surface area contributed by atoms with Crippen LogP contribution in [0.1, 0.15) is 13.3 Å². The van der Waals surface area contributed by atoms with Gasteiger partial charge in [0.1, 0.15) is 0 Å². The van der Waals surface area contributed by atoms with E-state index in [1.807, 2.05) is 6.92 Å². The molecule has 0 spiro atoms. The second kappa shape index (κ2) is 4.05. The monoisotopic (exact) mass is 105 g/mol. The van der Waals surface area contributed by atoms with Gasteiger partial charge in [-0.15, -0.1) is 0 Å². The Labute approximate surface area is 43.0 Å². The van der Waals surface area contributed by atoms with Crippen molar-refractivity contribution in [2.75, 3.05) is 6.61 Å². The van der Waals surface area contributed by atoms with Crippen molar-refractivity contribution in [2.45, 2.75) is 19.4 Å². The summed E-state index contributed by atoms with van der Waals surface area (Å²) in [6, 6.07) is -0.0231. The molecular weight excluding hydrogens is 94.0 g/mol. The van der Waals surface area contributed by atoms with Crippen molar-refractivity contribution in [3.05, 3.63) is 0 Å². The SMILES string of the molecule is CC[C@H](N)COO. The maximum Gasteiger partial charge on any atom is 0.0970 e. The first-order valence-electron chi connectivity index (χ1n) is 2.33. The Balaban J connectivity index is 2.83. The van der Waals surface area contributed by atoms with Crippen LogP contribution in [0.25, 0.3) is 0 Å². The highest BCUT2D eigenvalue weighted by Crippen LogP contribution is 1.83. The first-order chi connectivity index (χ1) is 3.31. The molecule has 0 bridgehead atoms. The van der Waals surface area contributed by atoms with Crippen LogP contribution in [0, 0.1) is 0 Å². The molecular formula is C4H11NO2. The maximum atomic E-state index is 7.79. The van der Waals surface area contributed by atoms with Crippen LogP contribution in [0.3, 0.4) is 0 Å². The fraction of sp³-hybridized carbons (Fsp3) is 1.00. The third kappa shape index (κ3) is 3.72. The van der Waals surface area contributed by atoms with Crippen molar-refractivity contribution in [1.82, 2.24) is 0 Å². The Hall–Kier alpha value is -0.120. The summed E-state index contributed by atoms with van der Waals surface area (Å²) in [5.74, 6) is 0. The molecule has 0 aromatic rings. The predicted octanol–water partition coefficient (Wildman–Crippen LogP) is 0.213. The smallest absolute Gasteiger partial charge is 0.0970 e. The van der Waals surface area contributed by atoms with Gasteiger partial charge in [-0.3, -0.25) is 5.26 Å². The van der Waals surface area contributed by atoms with E-state index in [0.717, 1.165) is 6.42 Å². The standard InChI is InChI=1S/C4H11NO2/c1-2-4(5)3-7-6/h4,6H,2-3,5H2,1H3/t4-/m0/s1. The normalized spacial score (nSPS) is 14.1. The van der Waals surface area contributed by atoms with Crippen molar-refractivity contribution in [3.8, 4) is 0 Å². The first-order valence-corrected chi connectivity index (χ1v) is 2.33. The fourth-order valence-electron chi connectivity index (χ4n) is 0.214. The lowest BCUT2D eigenvalue weighted by molar-refractivity contribution is -0.245. The highest BCUT2D eigenvalue weighted by atomic mass is 17.1. The fourth-order valence-corrected chi connectivity index (χ4v) is 0.214. The Morgan fingerprint density at radius 1 is 1.86 bits per heavy atom. The highest BCUT2D eigenvalue weighted by molar-refractivity contribution is 4.52. The van der Waals surface area contributed by atoms with E-state index in [-0.39, 0.29) is 12.6 Å². The van der Waals surface area contributed by atoms with Crippen molar-refractivity contribution in [1.29, 1.82) is 0 Å². The van der Waals surface area contributed by atoms with Crippen LogP contribution in [-0.2, 0) is 4.89 Å². The van der Waals surface area contributed by atoms with Crippen LogP contribution in [0.4, 0.5) is 0 Å². The molecule has 0 aliphatic rings. The average molecular weight is 105 g/mol. The molecule has 3 N–H and O–H groups in total. The zero-order valence-corrected chi connectivity index (χ0v) is 4.42. The summed E-state index contributed by atoms with van der Waals surface area (Å²) in [5, 5.41) is 7.79. The minimum Gasteiger partial charge on any atom is -0.326 e. The van der Waals surface area contributed by atoms with E-state index < -0.39 is 0 Å². The molecule has 0 amide bonds. The lowest BCUT2D eigenvalue weighted by Gasteiger charge is -2.02. The van der Waals surface area contributed by atoms with Crippen molar-refractivity contribution < 1.29 is 10.1 Å². The Kier molecular flexibility index (Phi) is 3.98. The molecule has 0 unspecified atom stereocenters. The summed E-state index contributed by atoms with van der Waals surface area (Å²) in [6.07, 6.45) is 0.834. The van der Waals surface area contributed by atoms with E-state index in [1.165, 1.54) is 0 Å². The van der Waals surface area contributed by atoms with Crippen LogP contribution in [0.5, 0.6) is 0 Å². The van der Waals surface area contributed by atoms with Gasteiger partial charge < -0.3 is 5.73 Å². The molecule has 0 heterocycles. The van der Waals surface area contributed by atoms with E-state index in [0.29, 0.717) is 0 Å². The molecule has 0 saturated carbocycles. The molecule has 44 valence electrons. The van der Waals surface area contributed by atoms with Crippen molar-refractivity contribution in [2.24, 2.45) is 5.73 Å². The quantitative estimate of drug-likeness (QED) is 0.398. The van der Waals surface area contributed by atoms with Gasteiger partial charge >= 0.3 is 0 Å². The lowest BCUT2D eigenvalue weighted by atomic mass is 10.3. The highest BCUT2D eigenvalue weighted by Gasteiger charge is 1.94.